The highest BCUT2D eigenvalue weighted by Gasteiger charge is 2.04. The summed E-state index contributed by atoms with van der Waals surface area (Å²) < 4.78 is 0. The SMILES string of the molecule is CC(CCc1ccccc1)Nc1ccc2[nH]ncc2c1. The molecule has 3 heteroatoms. The van der Waals surface area contributed by atoms with Crippen molar-refractivity contribution < 1.29 is 0 Å². The second kappa shape index (κ2) is 5.78. The highest BCUT2D eigenvalue weighted by Crippen LogP contribution is 2.18. The lowest BCUT2D eigenvalue weighted by Crippen LogP contribution is -2.15. The summed E-state index contributed by atoms with van der Waals surface area (Å²) in [5.74, 6) is 0. The second-order valence-electron chi connectivity index (χ2n) is 5.24. The van der Waals surface area contributed by atoms with Crippen LogP contribution < -0.4 is 5.32 Å². The number of anilines is 1. The lowest BCUT2D eigenvalue weighted by molar-refractivity contribution is 0.706. The van der Waals surface area contributed by atoms with Crippen molar-refractivity contribution >= 4 is 16.6 Å². The maximum absolute atomic E-state index is 4.04. The number of rotatable bonds is 5. The number of H-pyrrole nitrogens is 1. The van der Waals surface area contributed by atoms with Gasteiger partial charge in [-0.25, -0.2) is 0 Å². The van der Waals surface area contributed by atoms with E-state index in [4.69, 9.17) is 0 Å². The number of aromatic nitrogens is 2. The summed E-state index contributed by atoms with van der Waals surface area (Å²) >= 11 is 0. The Kier molecular flexibility index (Phi) is 3.68. The van der Waals surface area contributed by atoms with Crippen LogP contribution >= 0.6 is 0 Å². The van der Waals surface area contributed by atoms with E-state index in [0.29, 0.717) is 6.04 Å². The van der Waals surface area contributed by atoms with Gasteiger partial charge >= 0.3 is 0 Å². The highest BCUT2D eigenvalue weighted by molar-refractivity contribution is 5.81. The summed E-state index contributed by atoms with van der Waals surface area (Å²) in [5, 5.41) is 11.7. The van der Waals surface area contributed by atoms with Crippen molar-refractivity contribution in [3.63, 3.8) is 0 Å². The van der Waals surface area contributed by atoms with Crippen molar-refractivity contribution in [1.29, 1.82) is 0 Å². The first-order valence-electron chi connectivity index (χ1n) is 7.05. The van der Waals surface area contributed by atoms with Gasteiger partial charge in [-0.2, -0.15) is 5.10 Å². The fraction of sp³-hybridized carbons (Fsp3) is 0.235. The smallest absolute Gasteiger partial charge is 0.0651 e. The van der Waals surface area contributed by atoms with Crippen LogP contribution in [0, 0.1) is 0 Å². The minimum absolute atomic E-state index is 0.444. The van der Waals surface area contributed by atoms with E-state index in [1.807, 2.05) is 6.20 Å². The van der Waals surface area contributed by atoms with Gasteiger partial charge in [0.1, 0.15) is 0 Å². The Hall–Kier alpha value is -2.29. The fourth-order valence-corrected chi connectivity index (χ4v) is 2.42. The molecule has 3 rings (SSSR count). The third-order valence-electron chi connectivity index (χ3n) is 3.56. The van der Waals surface area contributed by atoms with Gasteiger partial charge in [0.05, 0.1) is 11.7 Å². The lowest BCUT2D eigenvalue weighted by Gasteiger charge is -2.15. The molecule has 0 spiro atoms. The van der Waals surface area contributed by atoms with Crippen molar-refractivity contribution in [1.82, 2.24) is 10.2 Å². The molecule has 2 N–H and O–H groups in total. The first-order valence-corrected chi connectivity index (χ1v) is 7.05. The molecule has 3 aromatic rings. The molecule has 0 aliphatic rings. The Morgan fingerprint density at radius 3 is 2.85 bits per heavy atom. The predicted octanol–water partition coefficient (Wildman–Crippen LogP) is 4.00. The van der Waals surface area contributed by atoms with Crippen LogP contribution in [0.15, 0.2) is 54.7 Å². The number of hydrogen-bond donors (Lipinski definition) is 2. The topological polar surface area (TPSA) is 40.7 Å². The third kappa shape index (κ3) is 2.99. The maximum Gasteiger partial charge on any atom is 0.0651 e. The van der Waals surface area contributed by atoms with Gasteiger partial charge in [0.15, 0.2) is 0 Å². The van der Waals surface area contributed by atoms with Gasteiger partial charge in [0.2, 0.25) is 0 Å². The number of aromatic amines is 1. The summed E-state index contributed by atoms with van der Waals surface area (Å²) in [6, 6.07) is 17.4. The van der Waals surface area contributed by atoms with Crippen LogP contribution in [0.4, 0.5) is 5.69 Å². The van der Waals surface area contributed by atoms with Crippen LogP contribution in [0.25, 0.3) is 10.9 Å². The molecular weight excluding hydrogens is 246 g/mol. The Balaban J connectivity index is 1.59. The van der Waals surface area contributed by atoms with Crippen LogP contribution in [0.5, 0.6) is 0 Å². The molecule has 0 amide bonds. The van der Waals surface area contributed by atoms with Crippen LogP contribution in [0.3, 0.4) is 0 Å². The Labute approximate surface area is 119 Å². The van der Waals surface area contributed by atoms with E-state index in [0.717, 1.165) is 29.4 Å². The number of nitrogens with one attached hydrogen (secondary N) is 2. The summed E-state index contributed by atoms with van der Waals surface area (Å²) in [4.78, 5) is 0. The van der Waals surface area contributed by atoms with Gasteiger partial charge in [-0.1, -0.05) is 30.3 Å². The van der Waals surface area contributed by atoms with Crippen LogP contribution in [-0.2, 0) is 6.42 Å². The van der Waals surface area contributed by atoms with Gasteiger partial charge < -0.3 is 5.32 Å². The predicted molar refractivity (Wildman–Crippen MR) is 83.9 cm³/mol. The average molecular weight is 265 g/mol. The van der Waals surface area contributed by atoms with E-state index in [2.05, 4.69) is 71.0 Å². The molecule has 1 heterocycles. The first kappa shape index (κ1) is 12.7. The molecule has 0 fully saturated rings. The minimum atomic E-state index is 0.444. The van der Waals surface area contributed by atoms with Crippen molar-refractivity contribution in [3.05, 3.63) is 60.3 Å². The van der Waals surface area contributed by atoms with Crippen molar-refractivity contribution in [2.75, 3.05) is 5.32 Å². The minimum Gasteiger partial charge on any atom is -0.383 e. The monoisotopic (exact) mass is 265 g/mol. The summed E-state index contributed by atoms with van der Waals surface area (Å²) in [5.41, 5.74) is 3.62. The molecule has 0 saturated carbocycles. The Bertz CT molecular complexity index is 673. The standard InChI is InChI=1S/C17H19N3/c1-13(7-8-14-5-3-2-4-6-14)19-16-9-10-17-15(11-16)12-18-20-17/h2-6,9-13,19H,7-8H2,1H3,(H,18,20). The zero-order chi connectivity index (χ0) is 13.8. The molecule has 102 valence electrons. The molecule has 1 atom stereocenters. The van der Waals surface area contributed by atoms with Crippen molar-refractivity contribution in [3.8, 4) is 0 Å². The number of benzene rings is 2. The average Bonchev–Trinajstić information content (AvgIpc) is 2.94. The number of nitrogens with zero attached hydrogens (tertiary/aromatic N) is 1. The third-order valence-corrected chi connectivity index (χ3v) is 3.56. The summed E-state index contributed by atoms with van der Waals surface area (Å²) in [6.45, 7) is 2.22. The molecule has 3 nitrogen and oxygen atoms in total. The molecule has 0 radical (unpaired) electrons. The maximum atomic E-state index is 4.04. The quantitative estimate of drug-likeness (QED) is 0.732. The van der Waals surface area contributed by atoms with E-state index in [1.54, 1.807) is 0 Å². The molecule has 0 aliphatic heterocycles. The molecule has 2 aromatic carbocycles. The van der Waals surface area contributed by atoms with Crippen LogP contribution in [0.2, 0.25) is 0 Å². The van der Waals surface area contributed by atoms with E-state index >= 15 is 0 Å². The van der Waals surface area contributed by atoms with Gasteiger partial charge in [-0.15, -0.1) is 0 Å². The fourth-order valence-electron chi connectivity index (χ4n) is 2.42. The highest BCUT2D eigenvalue weighted by atomic mass is 15.1. The van der Waals surface area contributed by atoms with E-state index in [1.165, 1.54) is 5.56 Å². The molecular formula is C17H19N3. The molecule has 0 bridgehead atoms. The van der Waals surface area contributed by atoms with Gasteiger partial charge in [-0.3, -0.25) is 5.10 Å². The van der Waals surface area contributed by atoms with Crippen molar-refractivity contribution in [2.45, 2.75) is 25.8 Å². The Morgan fingerprint density at radius 2 is 2.00 bits per heavy atom. The molecule has 20 heavy (non-hydrogen) atoms. The van der Waals surface area contributed by atoms with Gasteiger partial charge in [0.25, 0.3) is 0 Å². The lowest BCUT2D eigenvalue weighted by atomic mass is 10.1. The summed E-state index contributed by atoms with van der Waals surface area (Å²) in [7, 11) is 0. The zero-order valence-electron chi connectivity index (χ0n) is 11.6. The van der Waals surface area contributed by atoms with Crippen LogP contribution in [-0.4, -0.2) is 16.2 Å². The number of hydrogen-bond acceptors (Lipinski definition) is 2. The molecule has 1 aromatic heterocycles. The van der Waals surface area contributed by atoms with Crippen molar-refractivity contribution in [2.24, 2.45) is 0 Å². The number of aryl methyl sites for hydroxylation is 1. The molecule has 0 aliphatic carbocycles. The van der Waals surface area contributed by atoms with Gasteiger partial charge in [0, 0.05) is 17.1 Å². The van der Waals surface area contributed by atoms with Crippen LogP contribution in [0.1, 0.15) is 18.9 Å². The largest absolute Gasteiger partial charge is 0.383 e. The zero-order valence-corrected chi connectivity index (χ0v) is 11.6. The number of fused-ring (bicyclic) bond motifs is 1. The second-order valence-corrected chi connectivity index (χ2v) is 5.24. The summed E-state index contributed by atoms with van der Waals surface area (Å²) in [6.07, 6.45) is 4.07. The van der Waals surface area contributed by atoms with E-state index in [9.17, 15) is 0 Å². The van der Waals surface area contributed by atoms with Gasteiger partial charge in [-0.05, 0) is 43.5 Å². The normalized spacial score (nSPS) is 12.4. The Morgan fingerprint density at radius 1 is 1.15 bits per heavy atom. The molecule has 1 unspecified atom stereocenters. The molecule has 0 saturated heterocycles. The van der Waals surface area contributed by atoms with E-state index < -0.39 is 0 Å². The first-order chi connectivity index (χ1) is 9.81. The van der Waals surface area contributed by atoms with E-state index in [-0.39, 0.29) is 0 Å².